The van der Waals surface area contributed by atoms with Crippen molar-refractivity contribution in [3.63, 3.8) is 0 Å². The highest BCUT2D eigenvalue weighted by Gasteiger charge is 2.53. The number of fused-ring (bicyclic) bond motifs is 4. The Balaban J connectivity index is 1.43. The number of nitrogens with one attached hydrogen (secondary N) is 2. The number of halogens is 1. The van der Waals surface area contributed by atoms with Gasteiger partial charge in [-0.2, -0.15) is 0 Å². The van der Waals surface area contributed by atoms with Crippen LogP contribution in [0.15, 0.2) is 72.8 Å². The minimum Gasteiger partial charge on any atom is -0.356 e. The number of urea groups is 1. The normalized spacial score (nSPS) is 18.6. The fourth-order valence-corrected chi connectivity index (χ4v) is 5.72. The lowest BCUT2D eigenvalue weighted by Crippen LogP contribution is -2.44. The number of carbonyl (C=O) groups excluding carboxylic acids is 3. The van der Waals surface area contributed by atoms with Crippen molar-refractivity contribution in [1.82, 2.24) is 15.2 Å². The number of amides is 4. The maximum atomic E-state index is 14.1. The van der Waals surface area contributed by atoms with Crippen LogP contribution in [-0.4, -0.2) is 40.3 Å². The maximum Gasteiger partial charge on any atom is 0.332 e. The van der Waals surface area contributed by atoms with Gasteiger partial charge < -0.3 is 10.3 Å². The molecule has 1 saturated heterocycles. The molecule has 0 spiro atoms. The molecule has 6 rings (SSSR count). The van der Waals surface area contributed by atoms with Crippen LogP contribution in [0.25, 0.3) is 10.9 Å². The summed E-state index contributed by atoms with van der Waals surface area (Å²) in [7, 11) is 0. The monoisotopic (exact) mass is 524 g/mol. The van der Waals surface area contributed by atoms with Crippen molar-refractivity contribution >= 4 is 34.4 Å². The molecular weight excluding hydrogens is 495 g/mol. The van der Waals surface area contributed by atoms with Crippen LogP contribution in [0.2, 0.25) is 0 Å². The van der Waals surface area contributed by atoms with Crippen LogP contribution in [0, 0.1) is 11.7 Å². The first-order valence-corrected chi connectivity index (χ1v) is 13.2. The lowest BCUT2D eigenvalue weighted by Gasteiger charge is -2.36. The van der Waals surface area contributed by atoms with E-state index in [4.69, 9.17) is 0 Å². The summed E-state index contributed by atoms with van der Waals surface area (Å²) in [6.45, 7) is 4.65. The summed E-state index contributed by atoms with van der Waals surface area (Å²) >= 11 is 0. The summed E-state index contributed by atoms with van der Waals surface area (Å²) in [4.78, 5) is 47.4. The van der Waals surface area contributed by atoms with Crippen LogP contribution in [0.4, 0.5) is 14.9 Å². The van der Waals surface area contributed by atoms with Crippen LogP contribution >= 0.6 is 0 Å². The number of para-hydroxylation sites is 2. The van der Waals surface area contributed by atoms with Crippen LogP contribution in [0.5, 0.6) is 0 Å². The van der Waals surface area contributed by atoms with Crippen LogP contribution in [-0.2, 0) is 11.2 Å². The third-order valence-corrected chi connectivity index (χ3v) is 7.63. The van der Waals surface area contributed by atoms with Crippen molar-refractivity contribution in [1.29, 1.82) is 0 Å². The second-order valence-electron chi connectivity index (χ2n) is 10.6. The number of benzene rings is 3. The van der Waals surface area contributed by atoms with Crippen LogP contribution < -0.4 is 10.2 Å². The lowest BCUT2D eigenvalue weighted by molar-refractivity contribution is -0.120. The Hall–Kier alpha value is -4.46. The predicted molar refractivity (Wildman–Crippen MR) is 147 cm³/mol. The van der Waals surface area contributed by atoms with Gasteiger partial charge in [-0.05, 0) is 53.8 Å². The van der Waals surface area contributed by atoms with Crippen molar-refractivity contribution in [2.24, 2.45) is 5.92 Å². The molecule has 7 nitrogen and oxygen atoms in total. The highest BCUT2D eigenvalue weighted by atomic mass is 19.1. The van der Waals surface area contributed by atoms with E-state index in [-0.39, 0.29) is 28.9 Å². The van der Waals surface area contributed by atoms with E-state index in [1.54, 1.807) is 41.3 Å². The number of anilines is 1. The molecule has 8 heteroatoms. The number of hydrogen-bond acceptors (Lipinski definition) is 3. The molecule has 2 aliphatic rings. The zero-order valence-electron chi connectivity index (χ0n) is 21.8. The Morgan fingerprint density at radius 3 is 2.51 bits per heavy atom. The highest BCUT2D eigenvalue weighted by Crippen LogP contribution is 2.45. The number of imide groups is 1. The molecule has 3 aromatic carbocycles. The maximum absolute atomic E-state index is 14.1. The standard InChI is InChI=1S/C31H29FN4O3/c1-18(2)15-16-33-29(37)22-8-4-6-10-25(22)36-30(38)26-17-23-21-7-3-5-9-24(21)34-27(23)28(35(26)31(36)39)19-11-13-20(32)14-12-19/h3-14,18,26,28,34H,15-17H2,1-2H3,(H,33,37). The minimum atomic E-state index is -0.767. The number of carbonyl (C=O) groups is 3. The van der Waals surface area contributed by atoms with Crippen molar-refractivity contribution in [3.8, 4) is 0 Å². The van der Waals surface area contributed by atoms with Gasteiger partial charge in [-0.15, -0.1) is 0 Å². The Morgan fingerprint density at radius 1 is 1.03 bits per heavy atom. The molecule has 2 N–H and O–H groups in total. The summed E-state index contributed by atoms with van der Waals surface area (Å²) in [5.41, 5.74) is 3.90. The second-order valence-corrected chi connectivity index (χ2v) is 10.6. The van der Waals surface area contributed by atoms with E-state index in [1.807, 2.05) is 24.3 Å². The van der Waals surface area contributed by atoms with Crippen LogP contribution in [0.3, 0.4) is 0 Å². The van der Waals surface area contributed by atoms with E-state index in [0.29, 0.717) is 24.4 Å². The van der Waals surface area contributed by atoms with E-state index in [0.717, 1.165) is 33.5 Å². The smallest absolute Gasteiger partial charge is 0.332 e. The van der Waals surface area contributed by atoms with Crippen molar-refractivity contribution in [2.45, 2.75) is 38.8 Å². The highest BCUT2D eigenvalue weighted by molar-refractivity contribution is 6.24. The average Bonchev–Trinajstić information content (AvgIpc) is 3.42. The molecule has 1 aromatic heterocycles. The van der Waals surface area contributed by atoms with Gasteiger partial charge in [-0.1, -0.05) is 56.3 Å². The van der Waals surface area contributed by atoms with E-state index in [9.17, 15) is 18.8 Å². The molecule has 0 aliphatic carbocycles. The van der Waals surface area contributed by atoms with Gasteiger partial charge in [0.25, 0.3) is 11.8 Å². The first-order valence-electron chi connectivity index (χ1n) is 13.2. The molecule has 0 bridgehead atoms. The average molecular weight is 525 g/mol. The SMILES string of the molecule is CC(C)CCNC(=O)c1ccccc1N1C(=O)C2Cc3c([nH]c4ccccc34)C(c3ccc(F)cc3)N2C1=O. The van der Waals surface area contributed by atoms with E-state index >= 15 is 0 Å². The Kier molecular flexibility index (Phi) is 6.17. The Labute approximate surface area is 225 Å². The third-order valence-electron chi connectivity index (χ3n) is 7.63. The molecule has 2 atom stereocenters. The summed E-state index contributed by atoms with van der Waals surface area (Å²) in [6, 6.07) is 18.6. The minimum absolute atomic E-state index is 0.260. The number of H-pyrrole nitrogens is 1. The third kappa shape index (κ3) is 4.16. The number of aromatic nitrogens is 1. The van der Waals surface area contributed by atoms with Crippen LogP contribution in [0.1, 0.15) is 53.5 Å². The van der Waals surface area contributed by atoms with Gasteiger partial charge in [0.1, 0.15) is 17.9 Å². The lowest BCUT2D eigenvalue weighted by atomic mass is 9.89. The number of rotatable bonds is 6. The largest absolute Gasteiger partial charge is 0.356 e. The Bertz CT molecular complexity index is 1590. The molecule has 0 radical (unpaired) electrons. The predicted octanol–water partition coefficient (Wildman–Crippen LogP) is 5.57. The molecule has 1 fully saturated rings. The molecule has 198 valence electrons. The number of nitrogens with zero attached hydrogens (tertiary/aromatic N) is 2. The number of hydrogen-bond donors (Lipinski definition) is 2. The first kappa shape index (κ1) is 24.9. The van der Waals surface area contributed by atoms with Gasteiger partial charge in [-0.3, -0.25) is 14.5 Å². The van der Waals surface area contributed by atoms with E-state index < -0.39 is 18.1 Å². The molecule has 0 saturated carbocycles. The van der Waals surface area contributed by atoms with Gasteiger partial charge in [-0.25, -0.2) is 14.1 Å². The van der Waals surface area contributed by atoms with Gasteiger partial charge in [0.2, 0.25) is 0 Å². The van der Waals surface area contributed by atoms with Crippen molar-refractivity contribution in [2.75, 3.05) is 11.4 Å². The van der Waals surface area contributed by atoms with Gasteiger partial charge >= 0.3 is 6.03 Å². The molecule has 3 heterocycles. The molecular formula is C31H29FN4O3. The van der Waals surface area contributed by atoms with Gasteiger partial charge in [0.15, 0.2) is 0 Å². The zero-order valence-corrected chi connectivity index (χ0v) is 21.8. The van der Waals surface area contributed by atoms with Crippen molar-refractivity contribution in [3.05, 3.63) is 101 Å². The van der Waals surface area contributed by atoms with E-state index in [1.165, 1.54) is 12.1 Å². The quantitative estimate of drug-likeness (QED) is 0.324. The summed E-state index contributed by atoms with van der Waals surface area (Å²) in [6.07, 6.45) is 1.15. The summed E-state index contributed by atoms with van der Waals surface area (Å²) in [5.74, 6) is -0.672. The molecule has 4 amide bonds. The topological polar surface area (TPSA) is 85.5 Å². The second kappa shape index (κ2) is 9.69. The molecule has 39 heavy (non-hydrogen) atoms. The Morgan fingerprint density at radius 2 is 1.74 bits per heavy atom. The molecule has 2 unspecified atom stereocenters. The summed E-state index contributed by atoms with van der Waals surface area (Å²) in [5, 5.41) is 3.90. The molecule has 4 aromatic rings. The first-order chi connectivity index (χ1) is 18.8. The van der Waals surface area contributed by atoms with Crippen molar-refractivity contribution < 1.29 is 18.8 Å². The van der Waals surface area contributed by atoms with Gasteiger partial charge in [0, 0.05) is 29.6 Å². The van der Waals surface area contributed by atoms with Gasteiger partial charge in [0.05, 0.1) is 11.3 Å². The van der Waals surface area contributed by atoms with E-state index in [2.05, 4.69) is 24.1 Å². The zero-order chi connectivity index (χ0) is 27.3. The fraction of sp³-hybridized carbons (Fsp3) is 0.258. The summed E-state index contributed by atoms with van der Waals surface area (Å²) < 4.78 is 13.9. The number of aromatic amines is 1. The fourth-order valence-electron chi connectivity index (χ4n) is 5.72. The molecule has 2 aliphatic heterocycles.